The fraction of sp³-hybridized carbons (Fsp3) is 0.385. The smallest absolute Gasteiger partial charge is 0.319 e. The second-order valence-corrected chi connectivity index (χ2v) is 8.77. The summed E-state index contributed by atoms with van der Waals surface area (Å²) in [6.45, 7) is 6.73. The van der Waals surface area contributed by atoms with Crippen LogP contribution in [0.2, 0.25) is 0 Å². The lowest BCUT2D eigenvalue weighted by atomic mass is 9.89. The zero-order chi connectivity index (χ0) is 24.7. The molecule has 1 atom stereocenters. The molecule has 0 aromatic heterocycles. The highest BCUT2D eigenvalue weighted by Gasteiger charge is 2.25. The summed E-state index contributed by atoms with van der Waals surface area (Å²) >= 11 is 0. The maximum Gasteiger partial charge on any atom is 0.319 e. The molecular formula is C26H31N5O3. The summed E-state index contributed by atoms with van der Waals surface area (Å²) in [6, 6.07) is 14.5. The van der Waals surface area contributed by atoms with Crippen LogP contribution < -0.4 is 16.0 Å². The quantitative estimate of drug-likeness (QED) is 0.610. The molecule has 0 saturated carbocycles. The average molecular weight is 462 g/mol. The van der Waals surface area contributed by atoms with Crippen molar-refractivity contribution in [2.24, 2.45) is 0 Å². The minimum atomic E-state index is -0.395. The molecule has 178 valence electrons. The summed E-state index contributed by atoms with van der Waals surface area (Å²) in [6.07, 6.45) is 1.73. The fourth-order valence-electron chi connectivity index (χ4n) is 4.05. The van der Waals surface area contributed by atoms with Crippen LogP contribution in [-0.4, -0.2) is 48.4 Å². The summed E-state index contributed by atoms with van der Waals surface area (Å²) in [4.78, 5) is 38.4. The van der Waals surface area contributed by atoms with Gasteiger partial charge in [0.2, 0.25) is 5.91 Å². The van der Waals surface area contributed by atoms with E-state index in [1.807, 2.05) is 42.2 Å². The molecule has 0 radical (unpaired) electrons. The van der Waals surface area contributed by atoms with Gasteiger partial charge in [0.25, 0.3) is 5.91 Å². The molecule has 0 aliphatic carbocycles. The zero-order valence-electron chi connectivity index (χ0n) is 19.9. The van der Waals surface area contributed by atoms with E-state index in [2.05, 4.69) is 22.0 Å². The van der Waals surface area contributed by atoms with Crippen LogP contribution in [0.3, 0.4) is 0 Å². The number of nitriles is 1. The minimum absolute atomic E-state index is 0.0548. The number of nitrogens with zero attached hydrogens (tertiary/aromatic N) is 2. The predicted octanol–water partition coefficient (Wildman–Crippen LogP) is 3.53. The first kappa shape index (κ1) is 24.8. The van der Waals surface area contributed by atoms with Crippen molar-refractivity contribution in [1.29, 1.82) is 5.26 Å². The first-order valence-corrected chi connectivity index (χ1v) is 11.5. The fourth-order valence-corrected chi connectivity index (χ4v) is 4.05. The van der Waals surface area contributed by atoms with E-state index >= 15 is 0 Å². The summed E-state index contributed by atoms with van der Waals surface area (Å²) in [5.74, 6) is 0.160. The normalized spacial score (nSPS) is 14.6. The van der Waals surface area contributed by atoms with Gasteiger partial charge in [0.05, 0.1) is 11.6 Å². The first-order valence-electron chi connectivity index (χ1n) is 11.5. The highest BCUT2D eigenvalue weighted by Crippen LogP contribution is 2.29. The van der Waals surface area contributed by atoms with Crippen molar-refractivity contribution >= 4 is 23.5 Å². The third-order valence-electron chi connectivity index (χ3n) is 6.06. The first-order chi connectivity index (χ1) is 16.3. The predicted molar refractivity (Wildman–Crippen MR) is 131 cm³/mol. The Kier molecular flexibility index (Phi) is 8.25. The van der Waals surface area contributed by atoms with E-state index in [1.54, 1.807) is 19.1 Å². The monoisotopic (exact) mass is 461 g/mol. The van der Waals surface area contributed by atoms with Crippen LogP contribution in [0.1, 0.15) is 59.7 Å². The van der Waals surface area contributed by atoms with Crippen LogP contribution in [0.5, 0.6) is 0 Å². The van der Waals surface area contributed by atoms with E-state index in [0.717, 1.165) is 18.4 Å². The van der Waals surface area contributed by atoms with Gasteiger partial charge in [0, 0.05) is 43.9 Å². The molecule has 3 N–H and O–H groups in total. The van der Waals surface area contributed by atoms with Crippen molar-refractivity contribution in [3.63, 3.8) is 0 Å². The lowest BCUT2D eigenvalue weighted by molar-refractivity contribution is -0.119. The van der Waals surface area contributed by atoms with Gasteiger partial charge >= 0.3 is 6.03 Å². The molecule has 1 saturated heterocycles. The number of hydrogen-bond acceptors (Lipinski definition) is 4. The van der Waals surface area contributed by atoms with E-state index in [9.17, 15) is 14.4 Å². The topological polar surface area (TPSA) is 114 Å². The van der Waals surface area contributed by atoms with Gasteiger partial charge in [0.15, 0.2) is 0 Å². The Morgan fingerprint density at radius 3 is 2.41 bits per heavy atom. The van der Waals surface area contributed by atoms with Gasteiger partial charge in [-0.25, -0.2) is 4.79 Å². The molecule has 8 nitrogen and oxygen atoms in total. The van der Waals surface area contributed by atoms with Crippen molar-refractivity contribution in [3.05, 3.63) is 64.7 Å². The average Bonchev–Trinajstić information content (AvgIpc) is 2.84. The molecule has 0 bridgehead atoms. The number of benzene rings is 2. The van der Waals surface area contributed by atoms with Gasteiger partial charge < -0.3 is 20.9 Å². The number of nitrogens with one attached hydrogen (secondary N) is 3. The number of hydrogen-bond donors (Lipinski definition) is 3. The van der Waals surface area contributed by atoms with Crippen molar-refractivity contribution < 1.29 is 14.4 Å². The number of rotatable bonds is 6. The molecule has 4 amide bonds. The Labute approximate surface area is 200 Å². The molecular weight excluding hydrogens is 430 g/mol. The third kappa shape index (κ3) is 6.58. The molecule has 1 heterocycles. The number of carbonyl (C=O) groups is 3. The number of likely N-dealkylation sites (tertiary alicyclic amines) is 1. The van der Waals surface area contributed by atoms with Crippen LogP contribution in [0, 0.1) is 18.3 Å². The Morgan fingerprint density at radius 2 is 1.79 bits per heavy atom. The zero-order valence-corrected chi connectivity index (χ0v) is 19.9. The Hall–Kier alpha value is -3.86. The van der Waals surface area contributed by atoms with E-state index < -0.39 is 6.03 Å². The van der Waals surface area contributed by atoms with Crippen molar-refractivity contribution in [2.75, 3.05) is 25.0 Å². The molecule has 1 aliphatic heterocycles. The van der Waals surface area contributed by atoms with E-state index in [4.69, 9.17) is 5.26 Å². The van der Waals surface area contributed by atoms with Gasteiger partial charge in [-0.1, -0.05) is 18.2 Å². The molecule has 34 heavy (non-hydrogen) atoms. The standard InChI is InChI=1S/C26H31N5O3/c1-17-4-7-23(14-24(17)30-26(34)29-18(2)16-28-19(3)32)25(33)31-12-10-22(11-13-31)21-8-5-20(15-27)6-9-21/h4-9,14,18,22H,10-13,16H2,1-3H3,(H,28,32)(H2,29,30,34). The minimum Gasteiger partial charge on any atom is -0.354 e. The molecule has 8 heteroatoms. The van der Waals surface area contributed by atoms with Crippen molar-refractivity contribution in [2.45, 2.75) is 45.6 Å². The lowest BCUT2D eigenvalue weighted by Gasteiger charge is -2.32. The van der Waals surface area contributed by atoms with Gasteiger partial charge in [0.1, 0.15) is 0 Å². The second-order valence-electron chi connectivity index (χ2n) is 8.77. The second kappa shape index (κ2) is 11.3. The highest BCUT2D eigenvalue weighted by atomic mass is 16.2. The summed E-state index contributed by atoms with van der Waals surface area (Å²) in [5.41, 5.74) is 3.80. The molecule has 0 spiro atoms. The number of piperidine rings is 1. The number of urea groups is 1. The number of carbonyl (C=O) groups excluding carboxylic acids is 3. The van der Waals surface area contributed by atoms with E-state index in [1.165, 1.54) is 12.5 Å². The van der Waals surface area contributed by atoms with Crippen LogP contribution in [0.4, 0.5) is 10.5 Å². The molecule has 3 rings (SSSR count). The third-order valence-corrected chi connectivity index (χ3v) is 6.06. The molecule has 2 aromatic carbocycles. The van der Waals surface area contributed by atoms with Gasteiger partial charge in [-0.05, 0) is 68.0 Å². The number of anilines is 1. The Morgan fingerprint density at radius 1 is 1.12 bits per heavy atom. The summed E-state index contributed by atoms with van der Waals surface area (Å²) in [7, 11) is 0. The lowest BCUT2D eigenvalue weighted by Crippen LogP contribution is -2.43. The number of aryl methyl sites for hydroxylation is 1. The van der Waals surface area contributed by atoms with E-state index in [-0.39, 0.29) is 17.9 Å². The molecule has 1 unspecified atom stereocenters. The Bertz CT molecular complexity index is 1080. The van der Waals surface area contributed by atoms with Gasteiger partial charge in [-0.15, -0.1) is 0 Å². The molecule has 2 aromatic rings. The van der Waals surface area contributed by atoms with Crippen molar-refractivity contribution in [3.8, 4) is 6.07 Å². The summed E-state index contributed by atoms with van der Waals surface area (Å²) < 4.78 is 0. The maximum absolute atomic E-state index is 13.1. The SMILES string of the molecule is CC(=O)NCC(C)NC(=O)Nc1cc(C(=O)N2CCC(c3ccc(C#N)cc3)CC2)ccc1C. The highest BCUT2D eigenvalue weighted by molar-refractivity contribution is 5.97. The van der Waals surface area contributed by atoms with Crippen LogP contribution >= 0.6 is 0 Å². The van der Waals surface area contributed by atoms with Gasteiger partial charge in [-0.3, -0.25) is 9.59 Å². The maximum atomic E-state index is 13.1. The molecule has 1 fully saturated rings. The number of amides is 4. The van der Waals surface area contributed by atoms with Crippen LogP contribution in [-0.2, 0) is 4.79 Å². The van der Waals surface area contributed by atoms with Crippen molar-refractivity contribution in [1.82, 2.24) is 15.5 Å². The largest absolute Gasteiger partial charge is 0.354 e. The van der Waals surface area contributed by atoms with E-state index in [0.29, 0.717) is 42.4 Å². The van der Waals surface area contributed by atoms with Crippen LogP contribution in [0.15, 0.2) is 42.5 Å². The van der Waals surface area contributed by atoms with Crippen LogP contribution in [0.25, 0.3) is 0 Å². The Balaban J connectivity index is 1.58. The molecule has 1 aliphatic rings. The van der Waals surface area contributed by atoms with Gasteiger partial charge in [-0.2, -0.15) is 5.26 Å². The summed E-state index contributed by atoms with van der Waals surface area (Å²) in [5, 5.41) is 17.2.